The van der Waals surface area contributed by atoms with Gasteiger partial charge in [0.25, 0.3) is 5.69 Å². The maximum absolute atomic E-state index is 11.1. The fraction of sp³-hybridized carbons (Fsp3) is 0.0714. The highest BCUT2D eigenvalue weighted by atomic mass is 35.5. The number of nitro benzene ring substituents is 2. The number of non-ortho nitro benzene ring substituents is 1. The van der Waals surface area contributed by atoms with Crippen LogP contribution in [0.15, 0.2) is 41.5 Å². The molecule has 1 N–H and O–H groups in total. The van der Waals surface area contributed by atoms with Crippen molar-refractivity contribution < 1.29 is 9.85 Å². The Morgan fingerprint density at radius 1 is 1.04 bits per heavy atom. The molecular weight excluding hydrogens is 359 g/mol. The molecule has 24 heavy (non-hydrogen) atoms. The van der Waals surface area contributed by atoms with Crippen LogP contribution in [-0.2, 0) is 0 Å². The zero-order valence-corrected chi connectivity index (χ0v) is 13.7. The molecule has 0 aromatic heterocycles. The van der Waals surface area contributed by atoms with Crippen molar-refractivity contribution in [1.29, 1.82) is 0 Å². The number of nitro groups is 2. The Labute approximate surface area is 146 Å². The fourth-order valence-corrected chi connectivity index (χ4v) is 2.11. The molecule has 0 aliphatic rings. The molecule has 8 nitrogen and oxygen atoms in total. The highest BCUT2D eigenvalue weighted by Gasteiger charge is 2.19. The molecule has 0 bridgehead atoms. The monoisotopic (exact) mass is 368 g/mol. The van der Waals surface area contributed by atoms with Crippen LogP contribution in [-0.4, -0.2) is 15.6 Å². The molecule has 0 unspecified atom stereocenters. The lowest BCUT2D eigenvalue weighted by atomic mass is 10.1. The van der Waals surface area contributed by atoms with Gasteiger partial charge in [-0.25, -0.2) is 0 Å². The number of hydrogen-bond acceptors (Lipinski definition) is 6. The van der Waals surface area contributed by atoms with Crippen LogP contribution in [0.25, 0.3) is 0 Å². The average molecular weight is 369 g/mol. The predicted octanol–water partition coefficient (Wildman–Crippen LogP) is 4.65. The lowest BCUT2D eigenvalue weighted by molar-refractivity contribution is -0.393. The Bertz CT molecular complexity index is 855. The zero-order chi connectivity index (χ0) is 17.9. The summed E-state index contributed by atoms with van der Waals surface area (Å²) >= 11 is 11.8. The quantitative estimate of drug-likeness (QED) is 0.469. The van der Waals surface area contributed by atoms with Crippen LogP contribution < -0.4 is 5.43 Å². The first-order valence-corrected chi connectivity index (χ1v) is 7.23. The first-order chi connectivity index (χ1) is 11.3. The standard InChI is InChI=1S/C14H10Cl2N4O4/c1-8(9-2-4-11(15)12(16)6-9)17-18-13-5-3-10(19(21)22)7-14(13)20(23)24/h2-7,18H,1H3/b17-8-. The summed E-state index contributed by atoms with van der Waals surface area (Å²) in [5.41, 5.74) is 2.92. The summed E-state index contributed by atoms with van der Waals surface area (Å²) in [5, 5.41) is 26.6. The fourth-order valence-electron chi connectivity index (χ4n) is 1.81. The van der Waals surface area contributed by atoms with Gasteiger partial charge >= 0.3 is 5.69 Å². The van der Waals surface area contributed by atoms with Crippen molar-refractivity contribution >= 4 is 46.0 Å². The van der Waals surface area contributed by atoms with Crippen LogP contribution in [0.3, 0.4) is 0 Å². The molecule has 0 radical (unpaired) electrons. The number of nitrogens with one attached hydrogen (secondary N) is 1. The molecule has 0 saturated heterocycles. The summed E-state index contributed by atoms with van der Waals surface area (Å²) in [6.45, 7) is 1.67. The van der Waals surface area contributed by atoms with Crippen molar-refractivity contribution in [1.82, 2.24) is 0 Å². The second-order valence-electron chi connectivity index (χ2n) is 4.65. The van der Waals surface area contributed by atoms with Crippen LogP contribution in [0, 0.1) is 20.2 Å². The van der Waals surface area contributed by atoms with Crippen LogP contribution in [0.2, 0.25) is 10.0 Å². The molecule has 0 heterocycles. The first kappa shape index (κ1) is 17.6. The van der Waals surface area contributed by atoms with E-state index in [1.54, 1.807) is 25.1 Å². The normalized spacial score (nSPS) is 11.2. The van der Waals surface area contributed by atoms with E-state index in [-0.39, 0.29) is 11.4 Å². The maximum atomic E-state index is 11.1. The molecular formula is C14H10Cl2N4O4. The number of nitrogens with zero attached hydrogens (tertiary/aromatic N) is 3. The van der Waals surface area contributed by atoms with Crippen molar-refractivity contribution in [3.8, 4) is 0 Å². The van der Waals surface area contributed by atoms with Gasteiger partial charge in [-0.2, -0.15) is 5.10 Å². The molecule has 0 spiro atoms. The molecule has 0 fully saturated rings. The van der Waals surface area contributed by atoms with Crippen molar-refractivity contribution in [2.24, 2.45) is 5.10 Å². The number of anilines is 1. The van der Waals surface area contributed by atoms with Crippen molar-refractivity contribution in [3.63, 3.8) is 0 Å². The Hall–Kier alpha value is -2.71. The number of hydrazone groups is 1. The minimum atomic E-state index is -0.723. The van der Waals surface area contributed by atoms with E-state index >= 15 is 0 Å². The third-order valence-electron chi connectivity index (χ3n) is 3.07. The highest BCUT2D eigenvalue weighted by molar-refractivity contribution is 6.42. The van der Waals surface area contributed by atoms with E-state index < -0.39 is 15.5 Å². The zero-order valence-electron chi connectivity index (χ0n) is 12.2. The summed E-state index contributed by atoms with van der Waals surface area (Å²) in [6.07, 6.45) is 0. The van der Waals surface area contributed by atoms with E-state index in [9.17, 15) is 20.2 Å². The van der Waals surface area contributed by atoms with Gasteiger partial charge in [0, 0.05) is 6.07 Å². The van der Waals surface area contributed by atoms with Gasteiger partial charge in [-0.3, -0.25) is 25.7 Å². The third kappa shape index (κ3) is 3.98. The molecule has 124 valence electrons. The Morgan fingerprint density at radius 2 is 1.75 bits per heavy atom. The molecule has 2 aromatic carbocycles. The molecule has 0 aliphatic heterocycles. The minimum Gasteiger partial charge on any atom is -0.271 e. The summed E-state index contributed by atoms with van der Waals surface area (Å²) in [5.74, 6) is 0. The van der Waals surface area contributed by atoms with E-state index in [1.165, 1.54) is 6.07 Å². The Morgan fingerprint density at radius 3 is 2.33 bits per heavy atom. The summed E-state index contributed by atoms with van der Waals surface area (Å²) in [4.78, 5) is 20.3. The second kappa shape index (κ2) is 7.24. The largest absolute Gasteiger partial charge is 0.301 e. The SMILES string of the molecule is C/C(=N/Nc1ccc([N+](=O)[O-])cc1[N+](=O)[O-])c1ccc(Cl)c(Cl)c1. The smallest absolute Gasteiger partial charge is 0.271 e. The van der Waals surface area contributed by atoms with E-state index in [1.807, 2.05) is 0 Å². The van der Waals surface area contributed by atoms with E-state index in [0.717, 1.165) is 12.1 Å². The topological polar surface area (TPSA) is 111 Å². The van der Waals surface area contributed by atoms with Gasteiger partial charge in [0.05, 0.1) is 31.7 Å². The van der Waals surface area contributed by atoms with Crippen LogP contribution in [0.5, 0.6) is 0 Å². The van der Waals surface area contributed by atoms with E-state index in [0.29, 0.717) is 21.3 Å². The predicted molar refractivity (Wildman–Crippen MR) is 92.0 cm³/mol. The van der Waals surface area contributed by atoms with Gasteiger partial charge < -0.3 is 0 Å². The molecule has 2 rings (SSSR count). The molecule has 0 aliphatic carbocycles. The van der Waals surface area contributed by atoms with Gasteiger partial charge in [-0.15, -0.1) is 0 Å². The third-order valence-corrected chi connectivity index (χ3v) is 3.81. The van der Waals surface area contributed by atoms with Crippen LogP contribution in [0.1, 0.15) is 12.5 Å². The second-order valence-corrected chi connectivity index (χ2v) is 5.47. The van der Waals surface area contributed by atoms with Gasteiger partial charge in [-0.05, 0) is 30.7 Å². The van der Waals surface area contributed by atoms with Gasteiger partial charge in [0.1, 0.15) is 5.69 Å². The summed E-state index contributed by atoms with van der Waals surface area (Å²) < 4.78 is 0. The van der Waals surface area contributed by atoms with Gasteiger partial charge in [-0.1, -0.05) is 29.3 Å². The molecule has 0 saturated carbocycles. The Kier molecular flexibility index (Phi) is 5.32. The number of hydrogen-bond donors (Lipinski definition) is 1. The number of rotatable bonds is 5. The Balaban J connectivity index is 2.31. The lowest BCUT2D eigenvalue weighted by Crippen LogP contribution is -2.02. The first-order valence-electron chi connectivity index (χ1n) is 6.48. The molecule has 0 atom stereocenters. The molecule has 10 heteroatoms. The summed E-state index contributed by atoms with van der Waals surface area (Å²) in [6, 6.07) is 8.15. The van der Waals surface area contributed by atoms with Crippen LogP contribution >= 0.6 is 23.2 Å². The maximum Gasteiger partial charge on any atom is 0.301 e. The van der Waals surface area contributed by atoms with Gasteiger partial charge in [0.2, 0.25) is 0 Å². The van der Waals surface area contributed by atoms with Crippen molar-refractivity contribution in [2.45, 2.75) is 6.92 Å². The van der Waals surface area contributed by atoms with E-state index in [4.69, 9.17) is 23.2 Å². The van der Waals surface area contributed by atoms with E-state index in [2.05, 4.69) is 10.5 Å². The van der Waals surface area contributed by atoms with Crippen molar-refractivity contribution in [3.05, 3.63) is 72.2 Å². The number of benzene rings is 2. The number of halogens is 2. The van der Waals surface area contributed by atoms with Crippen LogP contribution in [0.4, 0.5) is 17.1 Å². The minimum absolute atomic E-state index is 0.0324. The van der Waals surface area contributed by atoms with Crippen molar-refractivity contribution in [2.75, 3.05) is 5.43 Å². The average Bonchev–Trinajstić information content (AvgIpc) is 2.54. The molecule has 2 aromatic rings. The highest BCUT2D eigenvalue weighted by Crippen LogP contribution is 2.29. The van der Waals surface area contributed by atoms with Gasteiger partial charge in [0.15, 0.2) is 0 Å². The summed E-state index contributed by atoms with van der Waals surface area (Å²) in [7, 11) is 0. The lowest BCUT2D eigenvalue weighted by Gasteiger charge is -2.05. The molecule has 0 amide bonds.